The third-order valence-corrected chi connectivity index (χ3v) is 4.99. The fourth-order valence-corrected chi connectivity index (χ4v) is 3.43. The first kappa shape index (κ1) is 14.6. The Balaban J connectivity index is 1.63. The standard InChI is InChI=1S/C19H18N4O/c1-12-9-19(12,15-5-6-23(2)11-15)22-18(24)17-8-14-7-13(10-20)3-4-16(14)21-17/h3-8,11-12,21H,9H2,1-2H3,(H,22,24)/t12-,19-/m0/s1. The summed E-state index contributed by atoms with van der Waals surface area (Å²) in [7, 11) is 1.98. The molecule has 1 aliphatic carbocycles. The van der Waals surface area contributed by atoms with Crippen molar-refractivity contribution >= 4 is 16.8 Å². The summed E-state index contributed by atoms with van der Waals surface area (Å²) in [4.78, 5) is 15.9. The summed E-state index contributed by atoms with van der Waals surface area (Å²) < 4.78 is 2.00. The maximum absolute atomic E-state index is 12.7. The number of H-pyrrole nitrogens is 1. The van der Waals surface area contributed by atoms with Crippen molar-refractivity contribution in [2.45, 2.75) is 18.9 Å². The molecule has 24 heavy (non-hydrogen) atoms. The molecular formula is C19H18N4O. The van der Waals surface area contributed by atoms with E-state index < -0.39 is 0 Å². The molecule has 0 aliphatic heterocycles. The average molecular weight is 318 g/mol. The number of carbonyl (C=O) groups excluding carboxylic acids is 1. The second-order valence-corrected chi connectivity index (χ2v) is 6.69. The van der Waals surface area contributed by atoms with Crippen LogP contribution in [0.25, 0.3) is 10.9 Å². The topological polar surface area (TPSA) is 73.6 Å². The lowest BCUT2D eigenvalue weighted by atomic mass is 10.1. The summed E-state index contributed by atoms with van der Waals surface area (Å²) in [5, 5.41) is 13.1. The molecule has 0 bridgehead atoms. The maximum atomic E-state index is 12.7. The van der Waals surface area contributed by atoms with E-state index in [1.165, 1.54) is 0 Å². The Kier molecular flexibility index (Phi) is 3.04. The van der Waals surface area contributed by atoms with Gasteiger partial charge >= 0.3 is 0 Å². The Labute approximate surface area is 139 Å². The number of amides is 1. The average Bonchev–Trinajstić information content (AvgIpc) is 2.96. The first-order valence-corrected chi connectivity index (χ1v) is 8.00. The highest BCUT2D eigenvalue weighted by atomic mass is 16.2. The lowest BCUT2D eigenvalue weighted by Gasteiger charge is -2.17. The molecule has 1 aromatic carbocycles. The van der Waals surface area contributed by atoms with Crippen molar-refractivity contribution in [1.82, 2.24) is 14.9 Å². The van der Waals surface area contributed by atoms with Crippen molar-refractivity contribution in [3.05, 3.63) is 59.5 Å². The number of hydrogen-bond donors (Lipinski definition) is 2. The van der Waals surface area contributed by atoms with E-state index in [4.69, 9.17) is 5.26 Å². The van der Waals surface area contributed by atoms with Crippen LogP contribution in [0, 0.1) is 17.2 Å². The van der Waals surface area contributed by atoms with Crippen LogP contribution in [-0.2, 0) is 12.6 Å². The molecule has 1 amide bonds. The molecule has 2 atom stereocenters. The molecule has 3 aromatic rings. The molecule has 2 aromatic heterocycles. The third kappa shape index (κ3) is 2.19. The van der Waals surface area contributed by atoms with Gasteiger partial charge in [0.1, 0.15) is 5.69 Å². The van der Waals surface area contributed by atoms with Crippen LogP contribution in [0.4, 0.5) is 0 Å². The molecule has 5 heteroatoms. The van der Waals surface area contributed by atoms with E-state index in [0.717, 1.165) is 22.9 Å². The number of nitrogens with zero attached hydrogens (tertiary/aromatic N) is 2. The van der Waals surface area contributed by atoms with Gasteiger partial charge in [-0.05, 0) is 48.2 Å². The number of nitrogens with one attached hydrogen (secondary N) is 2. The van der Waals surface area contributed by atoms with Gasteiger partial charge in [-0.1, -0.05) is 6.92 Å². The number of nitriles is 1. The van der Waals surface area contributed by atoms with E-state index in [2.05, 4.69) is 35.6 Å². The molecule has 0 saturated heterocycles. The fourth-order valence-electron chi connectivity index (χ4n) is 3.43. The van der Waals surface area contributed by atoms with Crippen LogP contribution >= 0.6 is 0 Å². The zero-order chi connectivity index (χ0) is 16.9. The lowest BCUT2D eigenvalue weighted by Crippen LogP contribution is -2.36. The first-order chi connectivity index (χ1) is 11.5. The summed E-state index contributed by atoms with van der Waals surface area (Å²) in [6, 6.07) is 11.3. The van der Waals surface area contributed by atoms with Crippen LogP contribution in [0.5, 0.6) is 0 Å². The van der Waals surface area contributed by atoms with E-state index in [1.807, 2.05) is 23.9 Å². The summed E-state index contributed by atoms with van der Waals surface area (Å²) >= 11 is 0. The van der Waals surface area contributed by atoms with Gasteiger partial charge in [0, 0.05) is 30.3 Å². The van der Waals surface area contributed by atoms with Gasteiger partial charge in [-0.2, -0.15) is 5.26 Å². The molecule has 0 unspecified atom stereocenters. The minimum atomic E-state index is -0.270. The maximum Gasteiger partial charge on any atom is 0.268 e. The van der Waals surface area contributed by atoms with Crippen LogP contribution in [0.3, 0.4) is 0 Å². The summed E-state index contributed by atoms with van der Waals surface area (Å²) in [6.45, 7) is 2.15. The highest BCUT2D eigenvalue weighted by Crippen LogP contribution is 2.51. The predicted molar refractivity (Wildman–Crippen MR) is 91.4 cm³/mol. The van der Waals surface area contributed by atoms with Crippen molar-refractivity contribution in [3.8, 4) is 6.07 Å². The lowest BCUT2D eigenvalue weighted by molar-refractivity contribution is 0.0923. The van der Waals surface area contributed by atoms with Crippen LogP contribution in [0.15, 0.2) is 42.7 Å². The molecule has 0 spiro atoms. The highest BCUT2D eigenvalue weighted by molar-refractivity contribution is 5.98. The SMILES string of the molecule is C[C@H]1C[C@@]1(NC(=O)c1cc2cc(C#N)ccc2[nH]1)c1ccn(C)c1. The molecule has 1 aliphatic rings. The van der Waals surface area contributed by atoms with E-state index >= 15 is 0 Å². The highest BCUT2D eigenvalue weighted by Gasteiger charge is 2.54. The number of rotatable bonds is 3. The van der Waals surface area contributed by atoms with E-state index in [9.17, 15) is 4.79 Å². The van der Waals surface area contributed by atoms with Gasteiger partial charge in [0.15, 0.2) is 0 Å². The molecular weight excluding hydrogens is 300 g/mol. The summed E-state index contributed by atoms with van der Waals surface area (Å²) in [6.07, 6.45) is 5.01. The number of carbonyl (C=O) groups is 1. The second-order valence-electron chi connectivity index (χ2n) is 6.69. The second kappa shape index (κ2) is 5.00. The van der Waals surface area contributed by atoms with Crippen LogP contribution < -0.4 is 5.32 Å². The van der Waals surface area contributed by atoms with Gasteiger partial charge < -0.3 is 14.9 Å². The zero-order valence-electron chi connectivity index (χ0n) is 13.6. The van der Waals surface area contributed by atoms with Crippen molar-refractivity contribution in [3.63, 3.8) is 0 Å². The van der Waals surface area contributed by atoms with E-state index in [0.29, 0.717) is 17.2 Å². The monoisotopic (exact) mass is 318 g/mol. The smallest absolute Gasteiger partial charge is 0.268 e. The van der Waals surface area contributed by atoms with Crippen molar-refractivity contribution in [2.24, 2.45) is 13.0 Å². The fraction of sp³-hybridized carbons (Fsp3) is 0.263. The molecule has 2 N–H and O–H groups in total. The summed E-state index contributed by atoms with van der Waals surface area (Å²) in [5.74, 6) is 0.302. The molecule has 120 valence electrons. The number of hydrogen-bond acceptors (Lipinski definition) is 2. The molecule has 5 nitrogen and oxygen atoms in total. The van der Waals surface area contributed by atoms with Crippen LogP contribution in [0.1, 0.15) is 35.0 Å². The molecule has 0 radical (unpaired) electrons. The normalized spacial score (nSPS) is 22.3. The Bertz CT molecular complexity index is 990. The molecule has 4 rings (SSSR count). The molecule has 2 heterocycles. The van der Waals surface area contributed by atoms with Crippen molar-refractivity contribution in [1.29, 1.82) is 5.26 Å². The van der Waals surface area contributed by atoms with Gasteiger partial charge in [-0.15, -0.1) is 0 Å². The predicted octanol–water partition coefficient (Wildman–Crippen LogP) is 3.04. The minimum Gasteiger partial charge on any atom is -0.357 e. The number of aromatic nitrogens is 2. The molecule has 1 fully saturated rings. The minimum absolute atomic E-state index is 0.113. The van der Waals surface area contributed by atoms with Gasteiger partial charge in [0.05, 0.1) is 17.2 Å². The summed E-state index contributed by atoms with van der Waals surface area (Å²) in [5.41, 5.74) is 2.85. The number of fused-ring (bicyclic) bond motifs is 1. The van der Waals surface area contributed by atoms with Crippen LogP contribution in [-0.4, -0.2) is 15.5 Å². The molecule has 1 saturated carbocycles. The van der Waals surface area contributed by atoms with Crippen molar-refractivity contribution in [2.75, 3.05) is 0 Å². The Morgan fingerprint density at radius 1 is 1.42 bits per heavy atom. The Morgan fingerprint density at radius 2 is 2.21 bits per heavy atom. The largest absolute Gasteiger partial charge is 0.357 e. The van der Waals surface area contributed by atoms with Gasteiger partial charge in [-0.3, -0.25) is 4.79 Å². The van der Waals surface area contributed by atoms with Gasteiger partial charge in [-0.25, -0.2) is 0 Å². The number of aryl methyl sites for hydroxylation is 1. The quantitative estimate of drug-likeness (QED) is 0.779. The zero-order valence-corrected chi connectivity index (χ0v) is 13.6. The first-order valence-electron chi connectivity index (χ1n) is 8.00. The van der Waals surface area contributed by atoms with E-state index in [1.54, 1.807) is 18.2 Å². The van der Waals surface area contributed by atoms with Gasteiger partial charge in [0.25, 0.3) is 5.91 Å². The third-order valence-electron chi connectivity index (χ3n) is 4.99. The Hall–Kier alpha value is -3.00. The van der Waals surface area contributed by atoms with E-state index in [-0.39, 0.29) is 11.4 Å². The van der Waals surface area contributed by atoms with Gasteiger partial charge in [0.2, 0.25) is 0 Å². The number of aromatic amines is 1. The van der Waals surface area contributed by atoms with Crippen molar-refractivity contribution < 1.29 is 4.79 Å². The number of benzene rings is 1. The Morgan fingerprint density at radius 3 is 2.83 bits per heavy atom. The van der Waals surface area contributed by atoms with Crippen LogP contribution in [0.2, 0.25) is 0 Å².